The molecule has 0 fully saturated rings. The molecule has 0 saturated heterocycles. The number of para-hydroxylation sites is 1. The van der Waals surface area contributed by atoms with Crippen molar-refractivity contribution in [3.63, 3.8) is 0 Å². The number of carbonyl (C=O) groups is 2. The Kier molecular flexibility index (Phi) is 5.16. The highest BCUT2D eigenvalue weighted by atomic mass is 16.6. The largest absolute Gasteiger partial charge is 0.479 e. The van der Waals surface area contributed by atoms with E-state index in [1.54, 1.807) is 0 Å². The molecule has 2 N–H and O–H groups in total. The van der Waals surface area contributed by atoms with Crippen LogP contribution in [0.4, 0.5) is 16.2 Å². The Labute approximate surface area is 158 Å². The predicted octanol–water partition coefficient (Wildman–Crippen LogP) is 4.37. The van der Waals surface area contributed by atoms with Gasteiger partial charge in [-0.15, -0.1) is 0 Å². The molecule has 0 radical (unpaired) electrons. The molecule has 1 atom stereocenters. The van der Waals surface area contributed by atoms with Gasteiger partial charge in [0.25, 0.3) is 0 Å². The highest BCUT2D eigenvalue weighted by Gasteiger charge is 2.29. The molecule has 1 heterocycles. The Bertz CT molecular complexity index is 893. The summed E-state index contributed by atoms with van der Waals surface area (Å²) >= 11 is 0. The van der Waals surface area contributed by atoms with E-state index >= 15 is 0 Å². The summed E-state index contributed by atoms with van der Waals surface area (Å²) in [5, 5.41) is 5.65. The van der Waals surface area contributed by atoms with Crippen molar-refractivity contribution in [2.24, 2.45) is 0 Å². The minimum Gasteiger partial charge on any atom is -0.479 e. The number of urea groups is 1. The third kappa shape index (κ3) is 4.67. The lowest BCUT2D eigenvalue weighted by Crippen LogP contribution is -2.37. The van der Waals surface area contributed by atoms with Crippen LogP contribution < -0.4 is 15.4 Å². The van der Waals surface area contributed by atoms with Gasteiger partial charge in [0.1, 0.15) is 12.4 Å². The third-order valence-electron chi connectivity index (χ3n) is 4.16. The Morgan fingerprint density at radius 2 is 1.89 bits per heavy atom. The number of rotatable bonds is 4. The van der Waals surface area contributed by atoms with Gasteiger partial charge >= 0.3 is 12.0 Å². The molecule has 0 spiro atoms. The lowest BCUT2D eigenvalue weighted by atomic mass is 9.99. The van der Waals surface area contributed by atoms with Crippen LogP contribution in [0.5, 0.6) is 5.75 Å². The van der Waals surface area contributed by atoms with Crippen molar-refractivity contribution in [2.75, 3.05) is 17.2 Å². The molecule has 1 unspecified atom stereocenters. The van der Waals surface area contributed by atoms with E-state index < -0.39 is 5.60 Å². The molecule has 6 heteroatoms. The van der Waals surface area contributed by atoms with E-state index in [-0.39, 0.29) is 18.6 Å². The van der Waals surface area contributed by atoms with Gasteiger partial charge in [-0.3, -0.25) is 4.79 Å². The lowest BCUT2D eigenvalue weighted by Gasteiger charge is -2.31. The van der Waals surface area contributed by atoms with Gasteiger partial charge < -0.3 is 20.1 Å². The first-order chi connectivity index (χ1) is 12.8. The molecule has 0 aromatic heterocycles. The third-order valence-corrected chi connectivity index (χ3v) is 4.16. The van der Waals surface area contributed by atoms with Crippen molar-refractivity contribution in [3.05, 3.63) is 59.7 Å². The average molecular weight is 366 g/mol. The summed E-state index contributed by atoms with van der Waals surface area (Å²) in [5.41, 5.74) is 2.40. The first-order valence-corrected chi connectivity index (χ1v) is 8.64. The number of fused-ring (bicyclic) bond motifs is 1. The van der Waals surface area contributed by atoms with Gasteiger partial charge in [-0.25, -0.2) is 4.79 Å². The monoisotopic (exact) mass is 366 g/mol. The van der Waals surface area contributed by atoms with Crippen molar-refractivity contribution >= 4 is 29.5 Å². The zero-order valence-electron chi connectivity index (χ0n) is 15.5. The van der Waals surface area contributed by atoms with Gasteiger partial charge in [-0.2, -0.15) is 0 Å². The fourth-order valence-electron chi connectivity index (χ4n) is 2.73. The van der Waals surface area contributed by atoms with Crippen LogP contribution in [-0.2, 0) is 9.53 Å². The zero-order valence-corrected chi connectivity index (χ0v) is 15.5. The van der Waals surface area contributed by atoms with Gasteiger partial charge in [0.15, 0.2) is 5.60 Å². The standard InChI is InChI=1S/C21H22N2O4/c1-14-11-19-16(9-10-21(3,27-19)13-26-15(2)24)12-18(14)23-20(25)22-17-7-5-4-6-8-17/h4-12H,13H2,1-3H3,(H2,22,23,25). The van der Waals surface area contributed by atoms with Crippen LogP contribution in [0.2, 0.25) is 0 Å². The number of nitrogens with one attached hydrogen (secondary N) is 2. The van der Waals surface area contributed by atoms with Gasteiger partial charge in [0.05, 0.1) is 0 Å². The number of aryl methyl sites for hydroxylation is 1. The molecule has 0 aliphatic carbocycles. The maximum atomic E-state index is 12.2. The molecular formula is C21H22N2O4. The Morgan fingerprint density at radius 1 is 1.15 bits per heavy atom. The highest BCUT2D eigenvalue weighted by Crippen LogP contribution is 2.35. The molecule has 1 aliphatic heterocycles. The predicted molar refractivity (Wildman–Crippen MR) is 105 cm³/mol. The van der Waals surface area contributed by atoms with Crippen molar-refractivity contribution in [1.82, 2.24) is 0 Å². The molecule has 2 aromatic carbocycles. The number of hydrogen-bond donors (Lipinski definition) is 2. The van der Waals surface area contributed by atoms with E-state index in [0.29, 0.717) is 11.4 Å². The highest BCUT2D eigenvalue weighted by molar-refractivity contribution is 6.00. The van der Waals surface area contributed by atoms with Gasteiger partial charge in [0, 0.05) is 23.9 Å². The second kappa shape index (κ2) is 7.53. The van der Waals surface area contributed by atoms with Crippen molar-refractivity contribution in [3.8, 4) is 5.75 Å². The summed E-state index contributed by atoms with van der Waals surface area (Å²) in [6.07, 6.45) is 3.75. The SMILES string of the molecule is CC(=O)OCC1(C)C=Cc2cc(NC(=O)Nc3ccccc3)c(C)cc2O1. The summed E-state index contributed by atoms with van der Waals surface area (Å²) < 4.78 is 11.1. The molecule has 140 valence electrons. The Morgan fingerprint density at radius 3 is 2.59 bits per heavy atom. The Balaban J connectivity index is 1.73. The molecule has 3 rings (SSSR count). The normalized spacial score (nSPS) is 17.4. The van der Waals surface area contributed by atoms with Crippen molar-refractivity contribution in [1.29, 1.82) is 0 Å². The van der Waals surface area contributed by atoms with Gasteiger partial charge in [-0.1, -0.05) is 24.3 Å². The first kappa shape index (κ1) is 18.5. The van der Waals surface area contributed by atoms with E-state index in [9.17, 15) is 9.59 Å². The molecule has 2 aromatic rings. The van der Waals surface area contributed by atoms with Crippen LogP contribution in [0.15, 0.2) is 48.5 Å². The number of esters is 1. The summed E-state index contributed by atoms with van der Waals surface area (Å²) in [7, 11) is 0. The van der Waals surface area contributed by atoms with Crippen LogP contribution in [0.25, 0.3) is 6.08 Å². The molecular weight excluding hydrogens is 344 g/mol. The molecule has 2 amide bonds. The van der Waals surface area contributed by atoms with E-state index in [4.69, 9.17) is 9.47 Å². The summed E-state index contributed by atoms with van der Waals surface area (Å²) in [4.78, 5) is 23.3. The van der Waals surface area contributed by atoms with Crippen LogP contribution in [0, 0.1) is 6.92 Å². The summed E-state index contributed by atoms with van der Waals surface area (Å²) in [6.45, 7) is 5.25. The fourth-order valence-corrected chi connectivity index (χ4v) is 2.73. The molecule has 27 heavy (non-hydrogen) atoms. The number of ether oxygens (including phenoxy) is 2. The number of carbonyl (C=O) groups excluding carboxylic acids is 2. The minimum absolute atomic E-state index is 0.136. The smallest absolute Gasteiger partial charge is 0.323 e. The minimum atomic E-state index is -0.718. The summed E-state index contributed by atoms with van der Waals surface area (Å²) in [5.74, 6) is 0.331. The second-order valence-electron chi connectivity index (χ2n) is 6.68. The zero-order chi connectivity index (χ0) is 19.4. The maximum absolute atomic E-state index is 12.2. The van der Waals surface area contributed by atoms with Gasteiger partial charge in [0.2, 0.25) is 0 Å². The van der Waals surface area contributed by atoms with E-state index in [1.165, 1.54) is 6.92 Å². The van der Waals surface area contributed by atoms with E-state index in [1.807, 2.05) is 68.5 Å². The second-order valence-corrected chi connectivity index (χ2v) is 6.68. The number of anilines is 2. The average Bonchev–Trinajstić information content (AvgIpc) is 2.62. The van der Waals surface area contributed by atoms with Crippen LogP contribution in [0.3, 0.4) is 0 Å². The van der Waals surface area contributed by atoms with Crippen LogP contribution >= 0.6 is 0 Å². The van der Waals surface area contributed by atoms with E-state index in [0.717, 1.165) is 16.8 Å². The molecule has 1 aliphatic rings. The van der Waals surface area contributed by atoms with Crippen LogP contribution in [-0.4, -0.2) is 24.2 Å². The number of hydrogen-bond acceptors (Lipinski definition) is 4. The number of amides is 2. The maximum Gasteiger partial charge on any atom is 0.323 e. The van der Waals surface area contributed by atoms with Gasteiger partial charge in [-0.05, 0) is 49.8 Å². The van der Waals surface area contributed by atoms with Crippen molar-refractivity contribution < 1.29 is 19.1 Å². The summed E-state index contributed by atoms with van der Waals surface area (Å²) in [6, 6.07) is 12.6. The molecule has 0 bridgehead atoms. The molecule has 6 nitrogen and oxygen atoms in total. The quantitative estimate of drug-likeness (QED) is 0.788. The fraction of sp³-hybridized carbons (Fsp3) is 0.238. The van der Waals surface area contributed by atoms with Crippen molar-refractivity contribution in [2.45, 2.75) is 26.4 Å². The van der Waals surface area contributed by atoms with E-state index in [2.05, 4.69) is 10.6 Å². The lowest BCUT2D eigenvalue weighted by molar-refractivity contribution is -0.145. The van der Waals surface area contributed by atoms with Crippen LogP contribution in [0.1, 0.15) is 25.0 Å². The number of benzene rings is 2. The first-order valence-electron chi connectivity index (χ1n) is 8.64. The Hall–Kier alpha value is -3.28. The molecule has 0 saturated carbocycles. The topological polar surface area (TPSA) is 76.7 Å².